The van der Waals surface area contributed by atoms with Gasteiger partial charge in [0.2, 0.25) is 5.95 Å². The molecule has 0 saturated carbocycles. The van der Waals surface area contributed by atoms with Gasteiger partial charge in [0, 0.05) is 17.4 Å². The number of fused-ring (bicyclic) bond motifs is 1. The standard InChI is InChI=1S/C18H12FN5O3/c19-13-8-21-18(24-17(13)22-10-2-1-3-12(25)6-10)23-11-4-5-15-14(7-11)20-9-16(26)27-15/h1-9,25H,(H2,21,22,23,24). The summed E-state index contributed by atoms with van der Waals surface area (Å²) in [6.45, 7) is 0. The van der Waals surface area contributed by atoms with E-state index < -0.39 is 11.4 Å². The molecule has 2 aromatic carbocycles. The number of phenolic OH excluding ortho intramolecular Hbond substituents is 1. The number of rotatable bonds is 4. The van der Waals surface area contributed by atoms with Gasteiger partial charge in [0.05, 0.1) is 6.20 Å². The molecule has 3 N–H and O–H groups in total. The molecule has 0 aliphatic carbocycles. The summed E-state index contributed by atoms with van der Waals surface area (Å²) in [5, 5.41) is 15.2. The van der Waals surface area contributed by atoms with E-state index in [9.17, 15) is 14.3 Å². The fourth-order valence-electron chi connectivity index (χ4n) is 2.40. The Bertz CT molecular complexity index is 1190. The highest BCUT2D eigenvalue weighted by Gasteiger charge is 2.09. The van der Waals surface area contributed by atoms with E-state index in [4.69, 9.17) is 4.42 Å². The van der Waals surface area contributed by atoms with Crippen LogP contribution >= 0.6 is 0 Å². The molecule has 8 nitrogen and oxygen atoms in total. The lowest BCUT2D eigenvalue weighted by atomic mass is 10.3. The first-order valence-corrected chi connectivity index (χ1v) is 7.82. The summed E-state index contributed by atoms with van der Waals surface area (Å²) in [5.41, 5.74) is 1.34. The Kier molecular flexibility index (Phi) is 4.09. The van der Waals surface area contributed by atoms with Crippen molar-refractivity contribution in [3.05, 3.63) is 71.1 Å². The van der Waals surface area contributed by atoms with E-state index in [1.165, 1.54) is 12.1 Å². The Morgan fingerprint density at radius 1 is 1.00 bits per heavy atom. The number of hydrogen-bond acceptors (Lipinski definition) is 8. The molecule has 4 rings (SSSR count). The van der Waals surface area contributed by atoms with Gasteiger partial charge in [-0.15, -0.1) is 0 Å². The van der Waals surface area contributed by atoms with Gasteiger partial charge in [-0.1, -0.05) is 6.07 Å². The highest BCUT2D eigenvalue weighted by Crippen LogP contribution is 2.23. The first-order valence-electron chi connectivity index (χ1n) is 7.82. The van der Waals surface area contributed by atoms with Crippen molar-refractivity contribution in [3.63, 3.8) is 0 Å². The summed E-state index contributed by atoms with van der Waals surface area (Å²) in [6.07, 6.45) is 2.11. The van der Waals surface area contributed by atoms with Gasteiger partial charge in [0.25, 0.3) is 0 Å². The van der Waals surface area contributed by atoms with Crippen molar-refractivity contribution < 1.29 is 13.9 Å². The number of benzene rings is 2. The second-order valence-corrected chi connectivity index (χ2v) is 5.55. The highest BCUT2D eigenvalue weighted by molar-refractivity contribution is 5.77. The molecule has 0 amide bonds. The van der Waals surface area contributed by atoms with Crippen LogP contribution in [0.5, 0.6) is 5.75 Å². The molecule has 2 heterocycles. The lowest BCUT2D eigenvalue weighted by molar-refractivity contribution is 0.475. The van der Waals surface area contributed by atoms with Gasteiger partial charge in [-0.05, 0) is 30.3 Å². The summed E-state index contributed by atoms with van der Waals surface area (Å²) < 4.78 is 19.0. The van der Waals surface area contributed by atoms with Crippen LogP contribution in [0.3, 0.4) is 0 Å². The lowest BCUT2D eigenvalue weighted by Gasteiger charge is -2.10. The van der Waals surface area contributed by atoms with Crippen molar-refractivity contribution in [2.24, 2.45) is 0 Å². The van der Waals surface area contributed by atoms with E-state index in [0.717, 1.165) is 12.4 Å². The Morgan fingerprint density at radius 2 is 1.85 bits per heavy atom. The Labute approximate surface area is 151 Å². The van der Waals surface area contributed by atoms with Crippen molar-refractivity contribution >= 4 is 34.2 Å². The minimum atomic E-state index is -0.647. The summed E-state index contributed by atoms with van der Waals surface area (Å²) in [6, 6.07) is 11.1. The van der Waals surface area contributed by atoms with Gasteiger partial charge in [-0.2, -0.15) is 4.98 Å². The number of nitrogens with one attached hydrogen (secondary N) is 2. The smallest absolute Gasteiger partial charge is 0.354 e. The van der Waals surface area contributed by atoms with E-state index in [2.05, 4.69) is 25.6 Å². The molecule has 134 valence electrons. The normalized spacial score (nSPS) is 10.7. The Hall–Kier alpha value is -4.01. The van der Waals surface area contributed by atoms with Gasteiger partial charge < -0.3 is 20.2 Å². The quantitative estimate of drug-likeness (QED) is 0.505. The first-order chi connectivity index (χ1) is 13.1. The maximum atomic E-state index is 14.0. The van der Waals surface area contributed by atoms with Crippen LogP contribution in [0.4, 0.5) is 27.5 Å². The van der Waals surface area contributed by atoms with Gasteiger partial charge in [-0.25, -0.2) is 19.2 Å². The summed E-state index contributed by atoms with van der Waals surface area (Å²) in [4.78, 5) is 23.2. The Balaban J connectivity index is 1.61. The minimum Gasteiger partial charge on any atom is -0.508 e. The number of phenols is 1. The average Bonchev–Trinajstić information content (AvgIpc) is 2.65. The maximum absolute atomic E-state index is 14.0. The largest absolute Gasteiger partial charge is 0.508 e. The SMILES string of the molecule is O=c1cnc2cc(Nc3ncc(F)c(Nc4cccc(O)c4)n3)ccc2o1. The van der Waals surface area contributed by atoms with Gasteiger partial charge in [-0.3, -0.25) is 0 Å². The first kappa shape index (κ1) is 16.5. The van der Waals surface area contributed by atoms with E-state index in [1.807, 2.05) is 0 Å². The van der Waals surface area contributed by atoms with Crippen LogP contribution in [0.1, 0.15) is 0 Å². The number of aromatic hydroxyl groups is 1. The molecule has 0 bridgehead atoms. The molecular formula is C18H12FN5O3. The third kappa shape index (κ3) is 3.66. The molecule has 0 unspecified atom stereocenters. The number of aromatic nitrogens is 3. The van der Waals surface area contributed by atoms with E-state index >= 15 is 0 Å². The third-order valence-corrected chi connectivity index (χ3v) is 3.59. The van der Waals surface area contributed by atoms with Crippen LogP contribution in [0.2, 0.25) is 0 Å². The van der Waals surface area contributed by atoms with Gasteiger partial charge >= 0.3 is 5.63 Å². The zero-order valence-corrected chi connectivity index (χ0v) is 13.7. The molecule has 2 aromatic heterocycles. The summed E-state index contributed by atoms with van der Waals surface area (Å²) in [5.74, 6) is -0.507. The number of halogens is 1. The third-order valence-electron chi connectivity index (χ3n) is 3.59. The van der Waals surface area contributed by atoms with E-state index in [-0.39, 0.29) is 17.5 Å². The Morgan fingerprint density at radius 3 is 2.70 bits per heavy atom. The van der Waals surface area contributed by atoms with Crippen molar-refractivity contribution in [2.75, 3.05) is 10.6 Å². The predicted molar refractivity (Wildman–Crippen MR) is 96.9 cm³/mol. The molecule has 0 radical (unpaired) electrons. The second-order valence-electron chi connectivity index (χ2n) is 5.55. The van der Waals surface area contributed by atoms with Crippen LogP contribution < -0.4 is 16.3 Å². The second kappa shape index (κ2) is 6.71. The zero-order chi connectivity index (χ0) is 18.8. The molecule has 0 atom stereocenters. The van der Waals surface area contributed by atoms with Crippen molar-refractivity contribution in [1.82, 2.24) is 15.0 Å². The fourth-order valence-corrected chi connectivity index (χ4v) is 2.40. The fraction of sp³-hybridized carbons (Fsp3) is 0. The summed E-state index contributed by atoms with van der Waals surface area (Å²) in [7, 11) is 0. The molecule has 0 spiro atoms. The van der Waals surface area contributed by atoms with Crippen LogP contribution in [-0.4, -0.2) is 20.1 Å². The monoisotopic (exact) mass is 365 g/mol. The average molecular weight is 365 g/mol. The summed E-state index contributed by atoms with van der Waals surface area (Å²) >= 11 is 0. The highest BCUT2D eigenvalue weighted by atomic mass is 19.1. The van der Waals surface area contributed by atoms with E-state index in [0.29, 0.717) is 22.5 Å². The maximum Gasteiger partial charge on any atom is 0.354 e. The van der Waals surface area contributed by atoms with Crippen LogP contribution in [0.25, 0.3) is 11.1 Å². The van der Waals surface area contributed by atoms with Gasteiger partial charge in [0.1, 0.15) is 17.5 Å². The molecule has 0 aliphatic heterocycles. The number of hydrogen-bond donors (Lipinski definition) is 3. The molecule has 27 heavy (non-hydrogen) atoms. The molecule has 0 saturated heterocycles. The number of anilines is 4. The minimum absolute atomic E-state index is 0.0446. The molecule has 0 fully saturated rings. The molecule has 9 heteroatoms. The predicted octanol–water partition coefficient (Wildman–Crippen LogP) is 3.31. The lowest BCUT2D eigenvalue weighted by Crippen LogP contribution is -2.03. The molecule has 0 aliphatic rings. The zero-order valence-electron chi connectivity index (χ0n) is 13.7. The van der Waals surface area contributed by atoms with Gasteiger partial charge in [0.15, 0.2) is 17.2 Å². The molecular weight excluding hydrogens is 353 g/mol. The van der Waals surface area contributed by atoms with Crippen LogP contribution in [-0.2, 0) is 0 Å². The van der Waals surface area contributed by atoms with E-state index in [1.54, 1.807) is 30.3 Å². The topological polar surface area (TPSA) is 113 Å². The van der Waals surface area contributed by atoms with Crippen molar-refractivity contribution in [1.29, 1.82) is 0 Å². The number of nitrogens with zero attached hydrogens (tertiary/aromatic N) is 3. The van der Waals surface area contributed by atoms with Crippen molar-refractivity contribution in [2.45, 2.75) is 0 Å². The molecule has 4 aromatic rings. The van der Waals surface area contributed by atoms with Crippen LogP contribution in [0, 0.1) is 5.82 Å². The van der Waals surface area contributed by atoms with Crippen LogP contribution in [0.15, 0.2) is 64.1 Å². The van der Waals surface area contributed by atoms with Crippen molar-refractivity contribution in [3.8, 4) is 5.75 Å².